The summed E-state index contributed by atoms with van der Waals surface area (Å²) in [7, 11) is -3.01. The third-order valence-electron chi connectivity index (χ3n) is 5.28. The number of rotatable bonds is 4. The highest BCUT2D eigenvalue weighted by Gasteiger charge is 2.35. The molecule has 0 atom stereocenters. The number of anilines is 1. The zero-order valence-electron chi connectivity index (χ0n) is 19.7. The van der Waals surface area contributed by atoms with E-state index in [0.717, 1.165) is 40.7 Å². The standard InChI is InChI=1S/C21H14F5NO3S.C4H8O2/c22-15-5-6-18(23)17(12-15)13-4-7-20-19(10-13)27(8-9-30-20)31(28,29)16-3-1-2-14(11-16)21(24,25)26;1-3-4(5)6-2/h1-7,10-12H,8-9H2;3H2,1-2H3. The Hall–Kier alpha value is -3.67. The minimum Gasteiger partial charge on any atom is -0.489 e. The summed E-state index contributed by atoms with van der Waals surface area (Å²) in [6.45, 7) is 1.56. The van der Waals surface area contributed by atoms with Crippen molar-refractivity contribution in [3.8, 4) is 16.9 Å². The molecule has 0 aliphatic carbocycles. The number of benzene rings is 3. The van der Waals surface area contributed by atoms with Crippen molar-refractivity contribution < 1.29 is 44.6 Å². The molecule has 6 nitrogen and oxygen atoms in total. The molecule has 0 saturated heterocycles. The number of halogens is 5. The fourth-order valence-corrected chi connectivity index (χ4v) is 4.93. The van der Waals surface area contributed by atoms with Crippen LogP contribution in [0.2, 0.25) is 0 Å². The Morgan fingerprint density at radius 2 is 1.78 bits per heavy atom. The Morgan fingerprint density at radius 3 is 2.41 bits per heavy atom. The summed E-state index contributed by atoms with van der Waals surface area (Å²) in [6.07, 6.45) is -4.24. The van der Waals surface area contributed by atoms with Gasteiger partial charge in [0, 0.05) is 12.0 Å². The van der Waals surface area contributed by atoms with E-state index in [0.29, 0.717) is 12.5 Å². The Labute approximate surface area is 210 Å². The molecule has 3 aromatic rings. The molecule has 1 aliphatic heterocycles. The zero-order valence-corrected chi connectivity index (χ0v) is 20.5. The summed E-state index contributed by atoms with van der Waals surface area (Å²) in [5.74, 6) is -1.40. The van der Waals surface area contributed by atoms with Crippen molar-refractivity contribution in [2.24, 2.45) is 0 Å². The zero-order chi connectivity index (χ0) is 27.4. The van der Waals surface area contributed by atoms with Crippen LogP contribution in [0.1, 0.15) is 18.9 Å². The Kier molecular flexibility index (Phi) is 8.42. The van der Waals surface area contributed by atoms with Crippen molar-refractivity contribution in [3.05, 3.63) is 77.9 Å². The first kappa shape index (κ1) is 27.9. The highest BCUT2D eigenvalue weighted by molar-refractivity contribution is 7.92. The van der Waals surface area contributed by atoms with Gasteiger partial charge in [0.2, 0.25) is 0 Å². The van der Waals surface area contributed by atoms with Crippen LogP contribution in [0.25, 0.3) is 11.1 Å². The van der Waals surface area contributed by atoms with Crippen molar-refractivity contribution in [1.82, 2.24) is 0 Å². The quantitative estimate of drug-likeness (QED) is 0.307. The smallest absolute Gasteiger partial charge is 0.416 e. The van der Waals surface area contributed by atoms with Crippen molar-refractivity contribution in [3.63, 3.8) is 0 Å². The number of sulfonamides is 1. The molecule has 12 heteroatoms. The van der Waals surface area contributed by atoms with Crippen molar-refractivity contribution in [1.29, 1.82) is 0 Å². The minimum absolute atomic E-state index is 0.0184. The van der Waals surface area contributed by atoms with Gasteiger partial charge in [-0.2, -0.15) is 13.2 Å². The van der Waals surface area contributed by atoms with E-state index in [-0.39, 0.29) is 41.7 Å². The molecular weight excluding hydrogens is 521 g/mol. The number of hydrogen-bond acceptors (Lipinski definition) is 5. The number of fused-ring (bicyclic) bond motifs is 1. The van der Waals surface area contributed by atoms with Crippen LogP contribution >= 0.6 is 0 Å². The Morgan fingerprint density at radius 1 is 1.05 bits per heavy atom. The molecule has 0 spiro atoms. The van der Waals surface area contributed by atoms with E-state index in [2.05, 4.69) is 4.74 Å². The monoisotopic (exact) mass is 543 g/mol. The third kappa shape index (κ3) is 6.37. The van der Waals surface area contributed by atoms with Crippen LogP contribution in [0.4, 0.5) is 27.6 Å². The highest BCUT2D eigenvalue weighted by atomic mass is 32.2. The lowest BCUT2D eigenvalue weighted by atomic mass is 10.0. The van der Waals surface area contributed by atoms with E-state index in [9.17, 15) is 35.2 Å². The second-order valence-corrected chi connectivity index (χ2v) is 9.55. The summed E-state index contributed by atoms with van der Waals surface area (Å²) in [5, 5.41) is 0. The van der Waals surface area contributed by atoms with Crippen LogP contribution in [0.15, 0.2) is 65.6 Å². The first-order chi connectivity index (χ1) is 17.4. The maximum absolute atomic E-state index is 14.2. The Balaban J connectivity index is 0.000000568. The molecule has 198 valence electrons. The lowest BCUT2D eigenvalue weighted by Gasteiger charge is -2.31. The molecular formula is C25H22F5NO5S. The normalized spacial score (nSPS) is 13.1. The lowest BCUT2D eigenvalue weighted by molar-refractivity contribution is -0.140. The topological polar surface area (TPSA) is 72.9 Å². The van der Waals surface area contributed by atoms with E-state index in [1.807, 2.05) is 0 Å². The summed E-state index contributed by atoms with van der Waals surface area (Å²) < 4.78 is 104. The number of esters is 1. The minimum atomic E-state index is -4.71. The molecule has 0 bridgehead atoms. The summed E-state index contributed by atoms with van der Waals surface area (Å²) in [6, 6.07) is 10.4. The van der Waals surface area contributed by atoms with Crippen LogP contribution in [-0.2, 0) is 25.7 Å². The van der Waals surface area contributed by atoms with Gasteiger partial charge >= 0.3 is 12.1 Å². The second kappa shape index (κ2) is 11.2. The van der Waals surface area contributed by atoms with Gasteiger partial charge in [0.15, 0.2) is 0 Å². The van der Waals surface area contributed by atoms with E-state index >= 15 is 0 Å². The van der Waals surface area contributed by atoms with Gasteiger partial charge in [-0.15, -0.1) is 0 Å². The predicted octanol–water partition coefficient (Wildman–Crippen LogP) is 5.81. The van der Waals surface area contributed by atoms with Crippen molar-refractivity contribution >= 4 is 21.7 Å². The average molecular weight is 544 g/mol. The van der Waals surface area contributed by atoms with Gasteiger partial charge in [0.25, 0.3) is 10.0 Å². The maximum atomic E-state index is 14.2. The molecule has 1 aliphatic rings. The molecule has 3 aromatic carbocycles. The van der Waals surface area contributed by atoms with Gasteiger partial charge < -0.3 is 9.47 Å². The van der Waals surface area contributed by atoms with Crippen LogP contribution in [0.3, 0.4) is 0 Å². The highest BCUT2D eigenvalue weighted by Crippen LogP contribution is 2.40. The lowest BCUT2D eigenvalue weighted by Crippen LogP contribution is -2.38. The number of carbonyl (C=O) groups is 1. The summed E-state index contributed by atoms with van der Waals surface area (Å²) >= 11 is 0. The number of alkyl halides is 3. The SMILES string of the molecule is CCC(=O)OC.O=S(=O)(c1cccc(C(F)(F)F)c1)N1CCOc2ccc(-c3cc(F)ccc3F)cc21. The van der Waals surface area contributed by atoms with Gasteiger partial charge in [-0.25, -0.2) is 17.2 Å². The molecule has 0 saturated carbocycles. The van der Waals surface area contributed by atoms with Gasteiger partial charge in [-0.1, -0.05) is 19.1 Å². The molecule has 1 heterocycles. The van der Waals surface area contributed by atoms with Crippen LogP contribution < -0.4 is 9.04 Å². The van der Waals surface area contributed by atoms with E-state index in [4.69, 9.17) is 4.74 Å². The summed E-state index contributed by atoms with van der Waals surface area (Å²) in [5.41, 5.74) is -0.988. The maximum Gasteiger partial charge on any atom is 0.416 e. The van der Waals surface area contributed by atoms with Gasteiger partial charge in [-0.05, 0) is 54.1 Å². The van der Waals surface area contributed by atoms with E-state index in [1.165, 1.54) is 25.3 Å². The molecule has 0 amide bonds. The fraction of sp³-hybridized carbons (Fsp3) is 0.240. The number of carbonyl (C=O) groups excluding carboxylic acids is 1. The number of hydrogen-bond donors (Lipinski definition) is 0. The van der Waals surface area contributed by atoms with Gasteiger partial charge in [0.1, 0.15) is 24.0 Å². The van der Waals surface area contributed by atoms with Crippen LogP contribution in [0.5, 0.6) is 5.75 Å². The third-order valence-corrected chi connectivity index (χ3v) is 7.09. The molecule has 0 fully saturated rings. The average Bonchev–Trinajstić information content (AvgIpc) is 2.88. The molecule has 0 aromatic heterocycles. The van der Waals surface area contributed by atoms with E-state index in [1.54, 1.807) is 6.92 Å². The molecule has 0 N–H and O–H groups in total. The van der Waals surface area contributed by atoms with Crippen LogP contribution in [0, 0.1) is 11.6 Å². The molecule has 0 unspecified atom stereocenters. The van der Waals surface area contributed by atoms with E-state index < -0.39 is 38.3 Å². The van der Waals surface area contributed by atoms with Gasteiger partial charge in [-0.3, -0.25) is 9.10 Å². The Bertz CT molecular complexity index is 1390. The first-order valence-corrected chi connectivity index (χ1v) is 12.3. The number of nitrogens with zero attached hydrogens (tertiary/aromatic N) is 1. The number of ether oxygens (including phenoxy) is 2. The predicted molar refractivity (Wildman–Crippen MR) is 126 cm³/mol. The number of methoxy groups -OCH3 is 1. The molecule has 37 heavy (non-hydrogen) atoms. The van der Waals surface area contributed by atoms with Crippen molar-refractivity contribution in [2.45, 2.75) is 24.4 Å². The molecule has 4 rings (SSSR count). The van der Waals surface area contributed by atoms with Crippen LogP contribution in [-0.4, -0.2) is 34.6 Å². The largest absolute Gasteiger partial charge is 0.489 e. The summed E-state index contributed by atoms with van der Waals surface area (Å²) in [4.78, 5) is 9.41. The first-order valence-electron chi connectivity index (χ1n) is 10.9. The molecule has 0 radical (unpaired) electrons. The van der Waals surface area contributed by atoms with Gasteiger partial charge in [0.05, 0.1) is 29.8 Å². The van der Waals surface area contributed by atoms with Crippen molar-refractivity contribution in [2.75, 3.05) is 24.6 Å². The fourth-order valence-electron chi connectivity index (χ4n) is 3.43. The second-order valence-electron chi connectivity index (χ2n) is 7.69.